The molecule has 1 aromatic heterocycles. The van der Waals surface area contributed by atoms with Gasteiger partial charge in [-0.15, -0.1) is 0 Å². The number of hydrogen-bond acceptors (Lipinski definition) is 2. The standard InChI is InChI=1S/C23H19N3O/c1-17-21(23(27)24-19-13-7-3-8-14-19)25-26(20-15-9-4-10-16-20)22(17)18-11-5-2-6-12-18/h2-16H,1H3,(H,24,27). The molecule has 4 rings (SSSR count). The molecule has 0 spiro atoms. The van der Waals surface area contributed by atoms with Crippen molar-refractivity contribution in [2.24, 2.45) is 0 Å². The molecule has 3 aromatic carbocycles. The molecule has 0 saturated heterocycles. The highest BCUT2D eigenvalue weighted by atomic mass is 16.2. The van der Waals surface area contributed by atoms with Crippen LogP contribution >= 0.6 is 0 Å². The Labute approximate surface area is 158 Å². The minimum Gasteiger partial charge on any atom is -0.321 e. The highest BCUT2D eigenvalue weighted by molar-refractivity contribution is 6.04. The number of carbonyl (C=O) groups is 1. The van der Waals surface area contributed by atoms with Gasteiger partial charge < -0.3 is 5.32 Å². The maximum Gasteiger partial charge on any atom is 0.276 e. The van der Waals surface area contributed by atoms with Crippen LogP contribution in [0.25, 0.3) is 16.9 Å². The van der Waals surface area contributed by atoms with Gasteiger partial charge in [0.15, 0.2) is 5.69 Å². The number of rotatable bonds is 4. The van der Waals surface area contributed by atoms with Gasteiger partial charge in [0.2, 0.25) is 0 Å². The average Bonchev–Trinajstić information content (AvgIpc) is 3.07. The Kier molecular flexibility index (Phi) is 4.54. The van der Waals surface area contributed by atoms with E-state index >= 15 is 0 Å². The van der Waals surface area contributed by atoms with Crippen molar-refractivity contribution in [1.82, 2.24) is 9.78 Å². The van der Waals surface area contributed by atoms with Gasteiger partial charge in [-0.25, -0.2) is 4.68 Å². The predicted octanol–water partition coefficient (Wildman–Crippen LogP) is 5.10. The number of carbonyl (C=O) groups excluding carboxylic acids is 1. The predicted molar refractivity (Wildman–Crippen MR) is 108 cm³/mol. The maximum atomic E-state index is 12.9. The van der Waals surface area contributed by atoms with E-state index in [0.717, 1.165) is 28.2 Å². The van der Waals surface area contributed by atoms with Gasteiger partial charge >= 0.3 is 0 Å². The molecule has 0 atom stereocenters. The van der Waals surface area contributed by atoms with Crippen LogP contribution < -0.4 is 5.32 Å². The van der Waals surface area contributed by atoms with E-state index in [0.29, 0.717) is 5.69 Å². The second kappa shape index (κ2) is 7.30. The second-order valence-corrected chi connectivity index (χ2v) is 6.26. The largest absolute Gasteiger partial charge is 0.321 e. The third-order valence-corrected chi connectivity index (χ3v) is 4.42. The molecule has 4 aromatic rings. The molecule has 0 radical (unpaired) electrons. The molecule has 0 aliphatic rings. The van der Waals surface area contributed by atoms with E-state index in [1.165, 1.54) is 0 Å². The van der Waals surface area contributed by atoms with Crippen molar-refractivity contribution in [3.63, 3.8) is 0 Å². The van der Waals surface area contributed by atoms with Gasteiger partial charge in [0, 0.05) is 16.8 Å². The zero-order chi connectivity index (χ0) is 18.6. The molecule has 0 unspecified atom stereocenters. The van der Waals surface area contributed by atoms with Crippen LogP contribution in [0.15, 0.2) is 91.0 Å². The summed E-state index contributed by atoms with van der Waals surface area (Å²) in [6.07, 6.45) is 0. The van der Waals surface area contributed by atoms with Crippen LogP contribution in [-0.4, -0.2) is 15.7 Å². The van der Waals surface area contributed by atoms with Crippen molar-refractivity contribution in [1.29, 1.82) is 0 Å². The van der Waals surface area contributed by atoms with Gasteiger partial charge in [0.1, 0.15) is 0 Å². The molecule has 1 N–H and O–H groups in total. The fraction of sp³-hybridized carbons (Fsp3) is 0.0435. The fourth-order valence-electron chi connectivity index (χ4n) is 3.11. The number of aromatic nitrogens is 2. The van der Waals surface area contributed by atoms with E-state index in [9.17, 15) is 4.79 Å². The SMILES string of the molecule is Cc1c(C(=O)Nc2ccccc2)nn(-c2ccccc2)c1-c1ccccc1. The van der Waals surface area contributed by atoms with Gasteiger partial charge in [0.25, 0.3) is 5.91 Å². The van der Waals surface area contributed by atoms with Crippen LogP contribution in [0, 0.1) is 6.92 Å². The minimum atomic E-state index is -0.217. The third-order valence-electron chi connectivity index (χ3n) is 4.42. The van der Waals surface area contributed by atoms with Crippen molar-refractivity contribution in [3.05, 3.63) is 102 Å². The lowest BCUT2D eigenvalue weighted by Crippen LogP contribution is -2.14. The molecule has 0 aliphatic carbocycles. The summed E-state index contributed by atoms with van der Waals surface area (Å²) in [6.45, 7) is 1.94. The summed E-state index contributed by atoms with van der Waals surface area (Å²) in [7, 11) is 0. The summed E-state index contributed by atoms with van der Waals surface area (Å²) in [5.74, 6) is -0.217. The van der Waals surface area contributed by atoms with Crippen molar-refractivity contribution < 1.29 is 4.79 Å². The number of amides is 1. The molecule has 132 valence electrons. The summed E-state index contributed by atoms with van der Waals surface area (Å²) < 4.78 is 1.84. The summed E-state index contributed by atoms with van der Waals surface area (Å²) in [5, 5.41) is 7.58. The number of benzene rings is 3. The Hall–Kier alpha value is -3.66. The monoisotopic (exact) mass is 353 g/mol. The lowest BCUT2D eigenvalue weighted by molar-refractivity contribution is 0.102. The topological polar surface area (TPSA) is 46.9 Å². The highest BCUT2D eigenvalue weighted by Gasteiger charge is 2.22. The molecule has 0 aliphatic heterocycles. The van der Waals surface area contributed by atoms with Gasteiger partial charge in [-0.2, -0.15) is 5.10 Å². The number of anilines is 1. The maximum absolute atomic E-state index is 12.9. The summed E-state index contributed by atoms with van der Waals surface area (Å²) in [5.41, 5.74) is 4.86. The van der Waals surface area contributed by atoms with Gasteiger partial charge in [-0.3, -0.25) is 4.79 Å². The van der Waals surface area contributed by atoms with Gasteiger partial charge in [0.05, 0.1) is 11.4 Å². The summed E-state index contributed by atoms with van der Waals surface area (Å²) >= 11 is 0. The van der Waals surface area contributed by atoms with Crippen molar-refractivity contribution >= 4 is 11.6 Å². The van der Waals surface area contributed by atoms with E-state index in [1.54, 1.807) is 0 Å². The first-order valence-corrected chi connectivity index (χ1v) is 8.81. The number of nitrogens with one attached hydrogen (secondary N) is 1. The smallest absolute Gasteiger partial charge is 0.276 e. The highest BCUT2D eigenvalue weighted by Crippen LogP contribution is 2.29. The minimum absolute atomic E-state index is 0.217. The average molecular weight is 353 g/mol. The molecule has 1 amide bonds. The molecule has 0 fully saturated rings. The van der Waals surface area contributed by atoms with Gasteiger partial charge in [-0.05, 0) is 31.2 Å². The summed E-state index contributed by atoms with van der Waals surface area (Å²) in [4.78, 5) is 12.9. The van der Waals surface area contributed by atoms with Crippen LogP contribution in [0.5, 0.6) is 0 Å². The van der Waals surface area contributed by atoms with Crippen molar-refractivity contribution in [2.45, 2.75) is 6.92 Å². The molecule has 4 nitrogen and oxygen atoms in total. The Morgan fingerprint density at radius 2 is 1.37 bits per heavy atom. The first kappa shape index (κ1) is 16.8. The number of nitrogens with zero attached hydrogens (tertiary/aromatic N) is 2. The first-order valence-electron chi connectivity index (χ1n) is 8.81. The molecule has 27 heavy (non-hydrogen) atoms. The lowest BCUT2D eigenvalue weighted by Gasteiger charge is -2.08. The Morgan fingerprint density at radius 1 is 0.815 bits per heavy atom. The van der Waals surface area contributed by atoms with Crippen LogP contribution in [-0.2, 0) is 0 Å². The molecular formula is C23H19N3O. The Bertz CT molecular complexity index is 1060. The first-order chi connectivity index (χ1) is 13.2. The molecule has 1 heterocycles. The van der Waals surface area contributed by atoms with Crippen LogP contribution in [0.3, 0.4) is 0 Å². The van der Waals surface area contributed by atoms with Crippen molar-refractivity contribution in [3.8, 4) is 16.9 Å². The van der Waals surface area contributed by atoms with Crippen LogP contribution in [0.2, 0.25) is 0 Å². The normalized spacial score (nSPS) is 10.6. The van der Waals surface area contributed by atoms with Crippen LogP contribution in [0.4, 0.5) is 5.69 Å². The third kappa shape index (κ3) is 3.37. The van der Waals surface area contributed by atoms with E-state index in [1.807, 2.05) is 103 Å². The number of para-hydroxylation sites is 2. The van der Waals surface area contributed by atoms with Crippen molar-refractivity contribution in [2.75, 3.05) is 5.32 Å². The molecule has 4 heteroatoms. The van der Waals surface area contributed by atoms with E-state index in [4.69, 9.17) is 0 Å². The fourth-order valence-corrected chi connectivity index (χ4v) is 3.11. The zero-order valence-corrected chi connectivity index (χ0v) is 15.0. The van der Waals surface area contributed by atoms with E-state index < -0.39 is 0 Å². The molecule has 0 bridgehead atoms. The van der Waals surface area contributed by atoms with E-state index in [2.05, 4.69) is 10.4 Å². The quantitative estimate of drug-likeness (QED) is 0.555. The molecule has 0 saturated carbocycles. The molecular weight excluding hydrogens is 334 g/mol. The Morgan fingerprint density at radius 3 is 2.00 bits per heavy atom. The van der Waals surface area contributed by atoms with E-state index in [-0.39, 0.29) is 5.91 Å². The summed E-state index contributed by atoms with van der Waals surface area (Å²) in [6, 6.07) is 29.3. The zero-order valence-electron chi connectivity index (χ0n) is 15.0. The second-order valence-electron chi connectivity index (χ2n) is 6.26. The van der Waals surface area contributed by atoms with Crippen LogP contribution in [0.1, 0.15) is 16.1 Å². The Balaban J connectivity index is 1.82. The van der Waals surface area contributed by atoms with Gasteiger partial charge in [-0.1, -0.05) is 66.7 Å². The number of hydrogen-bond donors (Lipinski definition) is 1. The lowest BCUT2D eigenvalue weighted by atomic mass is 10.1.